The van der Waals surface area contributed by atoms with Crippen LogP contribution in [0.4, 0.5) is 0 Å². The lowest BCUT2D eigenvalue weighted by Crippen LogP contribution is -2.37. The quantitative estimate of drug-likeness (QED) is 0.798. The summed E-state index contributed by atoms with van der Waals surface area (Å²) in [5.74, 6) is -0.144. The first kappa shape index (κ1) is 17.8. The van der Waals surface area contributed by atoms with Crippen LogP contribution in [0.2, 0.25) is 5.02 Å². The molecule has 1 aromatic rings. The molecular weight excluding hydrogens is 368 g/mol. The zero-order chi connectivity index (χ0) is 17.5. The summed E-state index contributed by atoms with van der Waals surface area (Å²) in [5.41, 5.74) is 0.898. The van der Waals surface area contributed by atoms with E-state index in [-0.39, 0.29) is 34.6 Å². The molecule has 0 spiro atoms. The Hall–Kier alpha value is -1.05. The van der Waals surface area contributed by atoms with Crippen molar-refractivity contribution in [1.82, 2.24) is 4.90 Å². The van der Waals surface area contributed by atoms with Crippen molar-refractivity contribution in [1.29, 1.82) is 0 Å². The van der Waals surface area contributed by atoms with Gasteiger partial charge in [-0.15, -0.1) is 0 Å². The third-order valence-electron chi connectivity index (χ3n) is 4.17. The van der Waals surface area contributed by atoms with Gasteiger partial charge in [0.2, 0.25) is 0 Å². The van der Waals surface area contributed by atoms with Gasteiger partial charge in [0.05, 0.1) is 17.5 Å². The highest BCUT2D eigenvalue weighted by Gasteiger charge is 2.48. The van der Waals surface area contributed by atoms with Crippen LogP contribution in [-0.4, -0.2) is 47.2 Å². The van der Waals surface area contributed by atoms with E-state index < -0.39 is 9.84 Å². The van der Waals surface area contributed by atoms with Crippen LogP contribution in [0.1, 0.15) is 19.4 Å². The first-order chi connectivity index (χ1) is 11.3. The number of nitrogens with zero attached hydrogens (tertiary/aromatic N) is 2. The number of amides is 1. The minimum atomic E-state index is -3.04. The molecule has 1 amide bonds. The van der Waals surface area contributed by atoms with Crippen LogP contribution in [0.5, 0.6) is 0 Å². The van der Waals surface area contributed by atoms with Crippen molar-refractivity contribution in [3.05, 3.63) is 34.9 Å². The number of rotatable bonds is 3. The van der Waals surface area contributed by atoms with Crippen LogP contribution in [0, 0.1) is 5.92 Å². The number of sulfone groups is 1. The Morgan fingerprint density at radius 2 is 2.08 bits per heavy atom. The number of benzene rings is 1. The van der Waals surface area contributed by atoms with E-state index in [4.69, 9.17) is 11.6 Å². The number of halogens is 1. The predicted octanol–water partition coefficient (Wildman–Crippen LogP) is 2.59. The Morgan fingerprint density at radius 3 is 2.75 bits per heavy atom. The second-order valence-corrected chi connectivity index (χ2v) is 10.2. The molecule has 0 saturated carbocycles. The van der Waals surface area contributed by atoms with Gasteiger partial charge in [0.25, 0.3) is 5.91 Å². The van der Waals surface area contributed by atoms with E-state index in [1.54, 1.807) is 19.9 Å². The average molecular weight is 387 g/mol. The van der Waals surface area contributed by atoms with Gasteiger partial charge in [0.15, 0.2) is 15.0 Å². The molecule has 3 rings (SSSR count). The fourth-order valence-electron chi connectivity index (χ4n) is 2.85. The van der Waals surface area contributed by atoms with Gasteiger partial charge in [-0.05, 0) is 11.6 Å². The monoisotopic (exact) mass is 386 g/mol. The third-order valence-corrected chi connectivity index (χ3v) is 7.79. The second-order valence-electron chi connectivity index (χ2n) is 6.41. The van der Waals surface area contributed by atoms with Crippen LogP contribution in [-0.2, 0) is 21.2 Å². The van der Waals surface area contributed by atoms with Crippen molar-refractivity contribution >= 4 is 44.3 Å². The zero-order valence-electron chi connectivity index (χ0n) is 13.5. The molecule has 130 valence electrons. The first-order valence-corrected chi connectivity index (χ1v) is 10.8. The number of fused-ring (bicyclic) bond motifs is 1. The zero-order valence-corrected chi connectivity index (χ0v) is 15.9. The first-order valence-electron chi connectivity index (χ1n) is 7.76. The maximum absolute atomic E-state index is 12.0. The SMILES string of the molecule is CC(C)C(=O)N=C1SC2CS(=O)(=O)CC2N1Cc1ccccc1Cl. The van der Waals surface area contributed by atoms with Crippen molar-refractivity contribution < 1.29 is 13.2 Å². The number of hydrogen-bond acceptors (Lipinski definition) is 4. The van der Waals surface area contributed by atoms with Gasteiger partial charge in [-0.3, -0.25) is 4.79 Å². The molecule has 1 aromatic carbocycles. The molecule has 2 aliphatic rings. The number of amidine groups is 1. The van der Waals surface area contributed by atoms with Crippen molar-refractivity contribution in [3.63, 3.8) is 0 Å². The van der Waals surface area contributed by atoms with E-state index in [1.165, 1.54) is 11.8 Å². The predicted molar refractivity (Wildman–Crippen MR) is 98.1 cm³/mol. The molecule has 2 unspecified atom stereocenters. The topological polar surface area (TPSA) is 66.8 Å². The van der Waals surface area contributed by atoms with Crippen LogP contribution < -0.4 is 0 Å². The lowest BCUT2D eigenvalue weighted by Gasteiger charge is -2.25. The molecule has 0 bridgehead atoms. The number of hydrogen-bond donors (Lipinski definition) is 0. The van der Waals surface area contributed by atoms with Crippen molar-refractivity contribution in [2.45, 2.75) is 31.7 Å². The largest absolute Gasteiger partial charge is 0.342 e. The van der Waals surface area contributed by atoms with Crippen molar-refractivity contribution in [2.75, 3.05) is 11.5 Å². The maximum Gasteiger partial charge on any atom is 0.250 e. The molecule has 2 fully saturated rings. The molecule has 24 heavy (non-hydrogen) atoms. The Bertz CT molecular complexity index is 792. The number of thioether (sulfide) groups is 1. The maximum atomic E-state index is 12.0. The van der Waals surface area contributed by atoms with Crippen molar-refractivity contribution in [3.8, 4) is 0 Å². The molecule has 0 aliphatic carbocycles. The van der Waals surface area contributed by atoms with E-state index in [0.717, 1.165) is 5.56 Å². The summed E-state index contributed by atoms with van der Waals surface area (Å²) in [6, 6.07) is 7.30. The average Bonchev–Trinajstić information content (AvgIpc) is 2.94. The third kappa shape index (κ3) is 3.63. The minimum Gasteiger partial charge on any atom is -0.342 e. The van der Waals surface area contributed by atoms with Gasteiger partial charge in [-0.25, -0.2) is 8.42 Å². The summed E-state index contributed by atoms with van der Waals surface area (Å²) >= 11 is 7.64. The summed E-state index contributed by atoms with van der Waals surface area (Å²) in [6.07, 6.45) is 0. The highest BCUT2D eigenvalue weighted by Crippen LogP contribution is 2.39. The van der Waals surface area contributed by atoms with E-state index >= 15 is 0 Å². The number of carbonyl (C=O) groups excluding carboxylic acids is 1. The Balaban J connectivity index is 1.93. The molecular formula is C16H19ClN2O3S2. The number of aliphatic imine (C=N–C) groups is 1. The van der Waals surface area contributed by atoms with Crippen molar-refractivity contribution in [2.24, 2.45) is 10.9 Å². The molecule has 2 heterocycles. The van der Waals surface area contributed by atoms with Crippen LogP contribution in [0.25, 0.3) is 0 Å². The smallest absolute Gasteiger partial charge is 0.250 e. The van der Waals surface area contributed by atoms with Gasteiger partial charge in [-0.1, -0.05) is 55.4 Å². The van der Waals surface area contributed by atoms with Gasteiger partial charge < -0.3 is 4.90 Å². The Morgan fingerprint density at radius 1 is 1.38 bits per heavy atom. The molecule has 5 nitrogen and oxygen atoms in total. The lowest BCUT2D eigenvalue weighted by atomic mass is 10.1. The van der Waals surface area contributed by atoms with E-state index in [0.29, 0.717) is 16.7 Å². The van der Waals surface area contributed by atoms with Crippen LogP contribution in [0.3, 0.4) is 0 Å². The Labute approximate surface area is 151 Å². The Kier molecular flexibility index (Phi) is 4.95. The molecule has 8 heteroatoms. The molecule has 0 radical (unpaired) electrons. The molecule has 2 aliphatic heterocycles. The van der Waals surface area contributed by atoms with Gasteiger partial charge >= 0.3 is 0 Å². The highest BCUT2D eigenvalue weighted by atomic mass is 35.5. The summed E-state index contributed by atoms with van der Waals surface area (Å²) in [6.45, 7) is 4.05. The lowest BCUT2D eigenvalue weighted by molar-refractivity contribution is -0.120. The molecule has 2 saturated heterocycles. The van der Waals surface area contributed by atoms with E-state index in [9.17, 15) is 13.2 Å². The minimum absolute atomic E-state index is 0.0730. The second kappa shape index (κ2) is 6.69. The van der Waals surface area contributed by atoms with E-state index in [1.807, 2.05) is 23.1 Å². The molecule has 2 atom stereocenters. The summed E-state index contributed by atoms with van der Waals surface area (Å²) in [5, 5.41) is 1.16. The summed E-state index contributed by atoms with van der Waals surface area (Å²) in [7, 11) is -3.04. The highest BCUT2D eigenvalue weighted by molar-refractivity contribution is 8.15. The van der Waals surface area contributed by atoms with Crippen LogP contribution in [0.15, 0.2) is 29.3 Å². The van der Waals surface area contributed by atoms with E-state index in [2.05, 4.69) is 4.99 Å². The van der Waals surface area contributed by atoms with Crippen LogP contribution >= 0.6 is 23.4 Å². The molecule has 0 N–H and O–H groups in total. The van der Waals surface area contributed by atoms with Gasteiger partial charge in [0.1, 0.15) is 0 Å². The standard InChI is InChI=1S/C16H19ClN2O3S2/c1-10(2)15(20)18-16-19(7-11-5-3-4-6-12(11)17)13-8-24(21,22)9-14(13)23-16/h3-6,10,13-14H,7-9H2,1-2H3. The van der Waals surface area contributed by atoms with Gasteiger partial charge in [0, 0.05) is 22.7 Å². The summed E-state index contributed by atoms with van der Waals surface area (Å²) in [4.78, 5) is 18.2. The fraction of sp³-hybridized carbons (Fsp3) is 0.500. The normalized spacial score (nSPS) is 27.0. The summed E-state index contributed by atoms with van der Waals surface area (Å²) < 4.78 is 23.9. The number of carbonyl (C=O) groups is 1. The molecule has 0 aromatic heterocycles. The fourth-order valence-corrected chi connectivity index (χ4v) is 7.01. The van der Waals surface area contributed by atoms with Gasteiger partial charge in [-0.2, -0.15) is 4.99 Å².